The van der Waals surface area contributed by atoms with Gasteiger partial charge in [0, 0.05) is 6.42 Å². The quantitative estimate of drug-likeness (QED) is 0.817. The largest absolute Gasteiger partial charge is 0.278 e. The Hall–Kier alpha value is -1.40. The Morgan fingerprint density at radius 3 is 1.73 bits per heavy atom. The molecule has 0 radical (unpaired) electrons. The van der Waals surface area contributed by atoms with Crippen LogP contribution in [-0.2, 0) is 14.8 Å². The maximum absolute atomic E-state index is 12.6. The molecular formula is C16H26N2O3S. The second kappa shape index (κ2) is 6.79. The second-order valence-electron chi connectivity index (χ2n) is 6.21. The van der Waals surface area contributed by atoms with E-state index >= 15 is 0 Å². The van der Waals surface area contributed by atoms with Crippen molar-refractivity contribution < 1.29 is 13.2 Å². The average Bonchev–Trinajstić information content (AvgIpc) is 2.40. The predicted octanol–water partition coefficient (Wildman–Crippen LogP) is 2.58. The number of hydrogen-bond acceptors (Lipinski definition) is 3. The van der Waals surface area contributed by atoms with Crippen LogP contribution in [0.15, 0.2) is 4.90 Å². The van der Waals surface area contributed by atoms with E-state index in [1.165, 1.54) is 0 Å². The zero-order valence-corrected chi connectivity index (χ0v) is 15.2. The number of carbonyl (C=O) groups is 1. The van der Waals surface area contributed by atoms with Crippen LogP contribution < -0.4 is 10.3 Å². The summed E-state index contributed by atoms with van der Waals surface area (Å²) in [6.45, 7) is 13.2. The van der Waals surface area contributed by atoms with Crippen molar-refractivity contribution in [3.63, 3.8) is 0 Å². The van der Waals surface area contributed by atoms with Crippen molar-refractivity contribution in [3.05, 3.63) is 27.8 Å². The molecule has 0 atom stereocenters. The molecular weight excluding hydrogens is 300 g/mol. The number of amides is 1. The van der Waals surface area contributed by atoms with Gasteiger partial charge >= 0.3 is 0 Å². The highest BCUT2D eigenvalue weighted by Gasteiger charge is 2.24. The van der Waals surface area contributed by atoms with E-state index in [4.69, 9.17) is 0 Å². The van der Waals surface area contributed by atoms with Crippen LogP contribution in [0.2, 0.25) is 0 Å². The van der Waals surface area contributed by atoms with Gasteiger partial charge in [0.2, 0.25) is 5.91 Å². The first-order valence-electron chi connectivity index (χ1n) is 7.36. The fourth-order valence-corrected chi connectivity index (χ4v) is 3.93. The Morgan fingerprint density at radius 1 is 0.909 bits per heavy atom. The molecule has 124 valence electrons. The Bertz CT molecular complexity index is 663. The van der Waals surface area contributed by atoms with Gasteiger partial charge in [-0.1, -0.05) is 13.8 Å². The van der Waals surface area contributed by atoms with Gasteiger partial charge in [-0.25, -0.2) is 8.42 Å². The molecule has 0 spiro atoms. The molecule has 1 aromatic carbocycles. The second-order valence-corrected chi connectivity index (χ2v) is 7.83. The standard InChI is InChI=1S/C16H26N2O3S/c1-9(2)8-15(19)17-18-22(20,21)16-13(6)11(4)10(3)12(5)14(16)7/h9,18H,8H2,1-7H3,(H,17,19). The van der Waals surface area contributed by atoms with Gasteiger partial charge in [0.05, 0.1) is 4.90 Å². The van der Waals surface area contributed by atoms with Crippen LogP contribution in [0, 0.1) is 40.5 Å². The van der Waals surface area contributed by atoms with Gasteiger partial charge < -0.3 is 0 Å². The summed E-state index contributed by atoms with van der Waals surface area (Å²) in [5.41, 5.74) is 6.72. The summed E-state index contributed by atoms with van der Waals surface area (Å²) in [5.74, 6) is -0.175. The molecule has 0 aliphatic carbocycles. The molecule has 22 heavy (non-hydrogen) atoms. The van der Waals surface area contributed by atoms with Gasteiger partial charge in [0.25, 0.3) is 10.0 Å². The summed E-state index contributed by atoms with van der Waals surface area (Å²) < 4.78 is 25.1. The van der Waals surface area contributed by atoms with E-state index in [0.717, 1.165) is 16.7 Å². The van der Waals surface area contributed by atoms with Gasteiger partial charge in [0.15, 0.2) is 0 Å². The van der Waals surface area contributed by atoms with E-state index < -0.39 is 10.0 Å². The molecule has 1 aromatic rings. The van der Waals surface area contributed by atoms with E-state index in [1.54, 1.807) is 13.8 Å². The molecule has 6 heteroatoms. The summed E-state index contributed by atoms with van der Waals surface area (Å²) in [6, 6.07) is 0. The summed E-state index contributed by atoms with van der Waals surface area (Å²) in [7, 11) is -3.80. The normalized spacial score (nSPS) is 11.8. The van der Waals surface area contributed by atoms with Crippen molar-refractivity contribution in [2.24, 2.45) is 5.92 Å². The van der Waals surface area contributed by atoms with Crippen LogP contribution in [0.4, 0.5) is 0 Å². The van der Waals surface area contributed by atoms with Crippen molar-refractivity contribution in [2.75, 3.05) is 0 Å². The molecule has 0 aliphatic heterocycles. The minimum absolute atomic E-state index is 0.164. The molecule has 1 amide bonds. The lowest BCUT2D eigenvalue weighted by molar-refractivity contribution is -0.122. The van der Waals surface area contributed by atoms with Crippen LogP contribution in [0.5, 0.6) is 0 Å². The molecule has 0 saturated carbocycles. The molecule has 0 heterocycles. The van der Waals surface area contributed by atoms with Crippen molar-refractivity contribution in [3.8, 4) is 0 Å². The van der Waals surface area contributed by atoms with Crippen LogP contribution in [0.3, 0.4) is 0 Å². The number of benzene rings is 1. The Kier molecular flexibility index (Phi) is 5.76. The van der Waals surface area contributed by atoms with E-state index in [0.29, 0.717) is 11.1 Å². The van der Waals surface area contributed by atoms with E-state index in [9.17, 15) is 13.2 Å². The number of nitrogens with one attached hydrogen (secondary N) is 2. The number of hydrogen-bond donors (Lipinski definition) is 2. The predicted molar refractivity (Wildman–Crippen MR) is 88.0 cm³/mol. The smallest absolute Gasteiger partial charge is 0.257 e. The zero-order chi connectivity index (χ0) is 17.2. The van der Waals surface area contributed by atoms with E-state index in [1.807, 2.05) is 34.6 Å². The number of carbonyl (C=O) groups excluding carboxylic acids is 1. The highest BCUT2D eigenvalue weighted by molar-refractivity contribution is 7.89. The summed E-state index contributed by atoms with van der Waals surface area (Å²) in [6.07, 6.45) is 0.270. The Labute approximate surface area is 133 Å². The summed E-state index contributed by atoms with van der Waals surface area (Å²) >= 11 is 0. The van der Waals surface area contributed by atoms with Crippen molar-refractivity contribution in [2.45, 2.75) is 59.8 Å². The Morgan fingerprint density at radius 2 is 1.32 bits per heavy atom. The third kappa shape index (κ3) is 3.87. The number of hydrazine groups is 1. The number of sulfonamides is 1. The summed E-state index contributed by atoms with van der Waals surface area (Å²) in [5, 5.41) is 0. The van der Waals surface area contributed by atoms with Gasteiger partial charge in [-0.3, -0.25) is 10.2 Å². The van der Waals surface area contributed by atoms with Gasteiger partial charge in [-0.05, 0) is 68.4 Å². The maximum Gasteiger partial charge on any atom is 0.257 e. The first-order chi connectivity index (χ1) is 9.99. The molecule has 0 saturated heterocycles. The minimum atomic E-state index is -3.80. The fourth-order valence-electron chi connectivity index (χ4n) is 2.47. The van der Waals surface area contributed by atoms with Crippen LogP contribution >= 0.6 is 0 Å². The van der Waals surface area contributed by atoms with Crippen LogP contribution in [0.25, 0.3) is 0 Å². The lowest BCUT2D eigenvalue weighted by atomic mass is 9.95. The SMILES string of the molecule is Cc1c(C)c(C)c(S(=O)(=O)NNC(=O)CC(C)C)c(C)c1C. The first kappa shape index (κ1) is 18.6. The lowest BCUT2D eigenvalue weighted by Gasteiger charge is -2.19. The molecule has 0 aliphatic rings. The molecule has 0 fully saturated rings. The van der Waals surface area contributed by atoms with Crippen molar-refractivity contribution in [1.29, 1.82) is 0 Å². The Balaban J connectivity index is 3.17. The van der Waals surface area contributed by atoms with Crippen LogP contribution in [0.1, 0.15) is 48.1 Å². The highest BCUT2D eigenvalue weighted by atomic mass is 32.2. The third-order valence-corrected chi connectivity index (χ3v) is 5.64. The first-order valence-corrected chi connectivity index (χ1v) is 8.85. The molecule has 5 nitrogen and oxygen atoms in total. The van der Waals surface area contributed by atoms with Gasteiger partial charge in [-0.2, -0.15) is 0 Å². The highest BCUT2D eigenvalue weighted by Crippen LogP contribution is 2.29. The fraction of sp³-hybridized carbons (Fsp3) is 0.562. The zero-order valence-electron chi connectivity index (χ0n) is 14.4. The summed E-state index contributed by atoms with van der Waals surface area (Å²) in [4.78, 5) is 14.1. The van der Waals surface area contributed by atoms with Crippen molar-refractivity contribution >= 4 is 15.9 Å². The monoisotopic (exact) mass is 326 g/mol. The van der Waals surface area contributed by atoms with E-state index in [2.05, 4.69) is 10.3 Å². The third-order valence-electron chi connectivity index (χ3n) is 4.12. The van der Waals surface area contributed by atoms with E-state index in [-0.39, 0.29) is 23.1 Å². The lowest BCUT2D eigenvalue weighted by Crippen LogP contribution is -2.42. The average molecular weight is 326 g/mol. The topological polar surface area (TPSA) is 75.3 Å². The maximum atomic E-state index is 12.6. The molecule has 2 N–H and O–H groups in total. The molecule has 0 unspecified atom stereocenters. The number of rotatable bonds is 5. The molecule has 0 bridgehead atoms. The van der Waals surface area contributed by atoms with Crippen LogP contribution in [-0.4, -0.2) is 14.3 Å². The van der Waals surface area contributed by atoms with Gasteiger partial charge in [-0.15, -0.1) is 4.83 Å². The molecule has 0 aromatic heterocycles. The van der Waals surface area contributed by atoms with Gasteiger partial charge in [0.1, 0.15) is 0 Å². The minimum Gasteiger partial charge on any atom is -0.278 e. The molecule has 1 rings (SSSR count). The van der Waals surface area contributed by atoms with Crippen molar-refractivity contribution in [1.82, 2.24) is 10.3 Å².